The van der Waals surface area contributed by atoms with E-state index in [1.54, 1.807) is 6.07 Å². The number of nitrogens with zero attached hydrogens (tertiary/aromatic N) is 1. The maximum Gasteiger partial charge on any atom is 0.573 e. The van der Waals surface area contributed by atoms with Gasteiger partial charge in [0.25, 0.3) is 0 Å². The Kier molecular flexibility index (Phi) is 7.43. The molecule has 1 N–H and O–H groups in total. The van der Waals surface area contributed by atoms with Crippen molar-refractivity contribution >= 4 is 12.4 Å². The van der Waals surface area contributed by atoms with Gasteiger partial charge in [0, 0.05) is 43.9 Å². The summed E-state index contributed by atoms with van der Waals surface area (Å²) in [5.74, 6) is 0.747. The molecular weight excluding hydrogens is 369 g/mol. The minimum atomic E-state index is -4.70. The van der Waals surface area contributed by atoms with Crippen LogP contribution in [0.3, 0.4) is 0 Å². The molecule has 1 aromatic rings. The molecule has 2 aliphatic rings. The molecule has 1 aliphatic carbocycles. The molecule has 2 fully saturated rings. The number of hydrogen-bond acceptors (Lipinski definition) is 4. The van der Waals surface area contributed by atoms with Crippen molar-refractivity contribution in [1.29, 1.82) is 0 Å². The molecule has 1 saturated carbocycles. The highest BCUT2D eigenvalue weighted by Gasteiger charge is 2.35. The summed E-state index contributed by atoms with van der Waals surface area (Å²) < 4.78 is 47.0. The van der Waals surface area contributed by atoms with Crippen LogP contribution in [0.5, 0.6) is 11.5 Å². The molecule has 3 rings (SSSR count). The van der Waals surface area contributed by atoms with E-state index in [2.05, 4.69) is 15.0 Å². The van der Waals surface area contributed by atoms with Crippen LogP contribution < -0.4 is 14.8 Å². The van der Waals surface area contributed by atoms with Crippen LogP contribution in [0.15, 0.2) is 18.2 Å². The number of methoxy groups -OCH3 is 1. The lowest BCUT2D eigenvalue weighted by Gasteiger charge is -2.39. The Morgan fingerprint density at radius 3 is 2.38 bits per heavy atom. The predicted molar refractivity (Wildman–Crippen MR) is 96.1 cm³/mol. The van der Waals surface area contributed by atoms with Gasteiger partial charge in [-0.15, -0.1) is 25.6 Å². The van der Waals surface area contributed by atoms with Crippen LogP contribution in [0.25, 0.3) is 0 Å². The van der Waals surface area contributed by atoms with Crippen molar-refractivity contribution in [3.63, 3.8) is 0 Å². The average Bonchev–Trinajstić information content (AvgIpc) is 3.10. The van der Waals surface area contributed by atoms with Crippen molar-refractivity contribution in [2.45, 2.75) is 38.1 Å². The molecule has 148 valence electrons. The highest BCUT2D eigenvalue weighted by molar-refractivity contribution is 5.85. The molecule has 1 aromatic carbocycles. The number of hydrogen-bond donors (Lipinski definition) is 1. The smallest absolute Gasteiger partial charge is 0.496 e. The van der Waals surface area contributed by atoms with Gasteiger partial charge in [-0.3, -0.25) is 4.90 Å². The molecule has 1 aliphatic heterocycles. The van der Waals surface area contributed by atoms with Gasteiger partial charge in [-0.2, -0.15) is 0 Å². The molecule has 8 heteroatoms. The Bertz CT molecular complexity index is 574. The fraction of sp³-hybridized carbons (Fsp3) is 0.667. The molecule has 1 heterocycles. The molecule has 0 bridgehead atoms. The number of benzene rings is 1. The zero-order valence-corrected chi connectivity index (χ0v) is 15.7. The second kappa shape index (κ2) is 9.15. The van der Waals surface area contributed by atoms with Gasteiger partial charge in [-0.05, 0) is 24.8 Å². The highest BCUT2D eigenvalue weighted by Crippen LogP contribution is 2.43. The number of rotatable bonds is 5. The summed E-state index contributed by atoms with van der Waals surface area (Å²) in [5.41, 5.74) is 0.964. The first kappa shape index (κ1) is 21.1. The lowest BCUT2D eigenvalue weighted by atomic mass is 9.89. The number of halogens is 4. The van der Waals surface area contributed by atoms with Gasteiger partial charge in [0.15, 0.2) is 0 Å². The monoisotopic (exact) mass is 394 g/mol. The first-order valence-corrected chi connectivity index (χ1v) is 8.86. The molecular formula is C18H26ClF3N2O2. The second-order valence-corrected chi connectivity index (χ2v) is 6.73. The van der Waals surface area contributed by atoms with E-state index < -0.39 is 6.36 Å². The average molecular weight is 395 g/mol. The largest absolute Gasteiger partial charge is 0.573 e. The van der Waals surface area contributed by atoms with Crippen molar-refractivity contribution in [2.24, 2.45) is 5.92 Å². The van der Waals surface area contributed by atoms with Crippen LogP contribution in [0.4, 0.5) is 13.2 Å². The number of ether oxygens (including phenoxy) is 2. The van der Waals surface area contributed by atoms with Crippen LogP contribution in [-0.4, -0.2) is 44.6 Å². The number of nitrogens with one attached hydrogen (secondary N) is 1. The van der Waals surface area contributed by atoms with Gasteiger partial charge in [0.2, 0.25) is 0 Å². The fourth-order valence-electron chi connectivity index (χ4n) is 4.12. The van der Waals surface area contributed by atoms with Gasteiger partial charge >= 0.3 is 6.36 Å². The molecule has 0 amide bonds. The standard InChI is InChI=1S/C18H25F3N2O2.ClH/c1-24-16-12-14(25-18(19,20)21)6-7-15(16)17(13-4-2-3-5-13)23-10-8-22-9-11-23;/h6-7,12-13,17,22H,2-5,8-11H2,1H3;1H/t17-;/m1./s1. The summed E-state index contributed by atoms with van der Waals surface area (Å²) in [7, 11) is 1.50. The van der Waals surface area contributed by atoms with E-state index in [-0.39, 0.29) is 24.2 Å². The first-order valence-electron chi connectivity index (χ1n) is 8.86. The van der Waals surface area contributed by atoms with Crippen molar-refractivity contribution < 1.29 is 22.6 Å². The van der Waals surface area contributed by atoms with Gasteiger partial charge in [0.05, 0.1) is 7.11 Å². The van der Waals surface area contributed by atoms with Gasteiger partial charge < -0.3 is 14.8 Å². The number of alkyl halides is 3. The summed E-state index contributed by atoms with van der Waals surface area (Å²) in [5, 5.41) is 3.36. The van der Waals surface area contributed by atoms with E-state index in [1.807, 2.05) is 0 Å². The normalized spacial score (nSPS) is 20.5. The van der Waals surface area contributed by atoms with Crippen LogP contribution in [0, 0.1) is 5.92 Å². The zero-order chi connectivity index (χ0) is 17.9. The molecule has 0 unspecified atom stereocenters. The van der Waals surface area contributed by atoms with Crippen molar-refractivity contribution in [3.8, 4) is 11.5 Å². The van der Waals surface area contributed by atoms with Crippen molar-refractivity contribution in [1.82, 2.24) is 10.2 Å². The Morgan fingerprint density at radius 2 is 1.81 bits per heavy atom. The summed E-state index contributed by atoms with van der Waals surface area (Å²) in [6.07, 6.45) is 0.0305. The molecule has 1 atom stereocenters. The van der Waals surface area contributed by atoms with Gasteiger partial charge in [0.1, 0.15) is 11.5 Å². The maximum atomic E-state index is 12.5. The minimum absolute atomic E-state index is 0. The minimum Gasteiger partial charge on any atom is -0.496 e. The van der Waals surface area contributed by atoms with E-state index in [4.69, 9.17) is 4.74 Å². The van der Waals surface area contributed by atoms with Gasteiger partial charge in [-0.1, -0.05) is 18.9 Å². The third-order valence-corrected chi connectivity index (χ3v) is 5.15. The molecule has 1 saturated heterocycles. The van der Waals surface area contributed by atoms with Crippen LogP contribution in [-0.2, 0) is 0 Å². The molecule has 0 spiro atoms. The van der Waals surface area contributed by atoms with E-state index in [1.165, 1.54) is 32.1 Å². The third kappa shape index (κ3) is 5.18. The summed E-state index contributed by atoms with van der Waals surface area (Å²) >= 11 is 0. The molecule has 0 radical (unpaired) electrons. The van der Waals surface area contributed by atoms with E-state index >= 15 is 0 Å². The van der Waals surface area contributed by atoms with E-state index in [9.17, 15) is 13.2 Å². The van der Waals surface area contributed by atoms with Crippen molar-refractivity contribution in [3.05, 3.63) is 23.8 Å². The predicted octanol–water partition coefficient (Wildman–Crippen LogP) is 4.15. The summed E-state index contributed by atoms with van der Waals surface area (Å²) in [4.78, 5) is 2.44. The molecule has 26 heavy (non-hydrogen) atoms. The van der Waals surface area contributed by atoms with Crippen LogP contribution in [0.2, 0.25) is 0 Å². The summed E-state index contributed by atoms with van der Waals surface area (Å²) in [6, 6.07) is 4.67. The number of piperazine rings is 1. The van der Waals surface area contributed by atoms with E-state index in [0.717, 1.165) is 44.6 Å². The molecule has 4 nitrogen and oxygen atoms in total. The molecule has 0 aromatic heterocycles. The summed E-state index contributed by atoms with van der Waals surface area (Å²) in [6.45, 7) is 3.73. The third-order valence-electron chi connectivity index (χ3n) is 5.15. The zero-order valence-electron chi connectivity index (χ0n) is 14.8. The second-order valence-electron chi connectivity index (χ2n) is 6.73. The Labute approximate surface area is 158 Å². The van der Waals surface area contributed by atoms with Crippen LogP contribution >= 0.6 is 12.4 Å². The lowest BCUT2D eigenvalue weighted by molar-refractivity contribution is -0.274. The quantitative estimate of drug-likeness (QED) is 0.813. The topological polar surface area (TPSA) is 33.7 Å². The van der Waals surface area contributed by atoms with Crippen molar-refractivity contribution in [2.75, 3.05) is 33.3 Å². The first-order chi connectivity index (χ1) is 12.0. The van der Waals surface area contributed by atoms with E-state index in [0.29, 0.717) is 11.7 Å². The Balaban J connectivity index is 0.00000243. The highest BCUT2D eigenvalue weighted by atomic mass is 35.5. The van der Waals surface area contributed by atoms with Crippen LogP contribution in [0.1, 0.15) is 37.3 Å². The Morgan fingerprint density at radius 1 is 1.15 bits per heavy atom. The SMILES string of the molecule is COc1cc(OC(F)(F)F)ccc1[C@@H](C1CCCC1)N1CCNCC1.Cl. The fourth-order valence-corrected chi connectivity index (χ4v) is 4.12. The van der Waals surface area contributed by atoms with Gasteiger partial charge in [-0.25, -0.2) is 0 Å². The Hall–Kier alpha value is -1.18. The lowest BCUT2D eigenvalue weighted by Crippen LogP contribution is -2.46. The maximum absolute atomic E-state index is 12.5.